The van der Waals surface area contributed by atoms with Crippen molar-refractivity contribution in [1.29, 1.82) is 0 Å². The van der Waals surface area contributed by atoms with E-state index in [1.807, 2.05) is 0 Å². The molecule has 6 heteroatoms. The normalized spacial score (nSPS) is 12.4. The van der Waals surface area contributed by atoms with Gasteiger partial charge < -0.3 is 14.2 Å². The van der Waals surface area contributed by atoms with Crippen molar-refractivity contribution in [3.05, 3.63) is 48.6 Å². The Kier molecular flexibility index (Phi) is 46.9. The first-order chi connectivity index (χ1) is 29.5. The molecule has 0 aromatic rings. The molecule has 0 aliphatic carbocycles. The fraction of sp³-hybridized carbons (Fsp3) is 0.796. The van der Waals surface area contributed by atoms with Crippen LogP contribution in [0, 0.1) is 0 Å². The first-order valence-electron chi connectivity index (χ1n) is 25.6. The van der Waals surface area contributed by atoms with Gasteiger partial charge in [-0.1, -0.05) is 230 Å². The molecule has 0 heterocycles. The Hall–Kier alpha value is -2.63. The first-order valence-corrected chi connectivity index (χ1v) is 25.6. The number of hydrogen-bond acceptors (Lipinski definition) is 6. The van der Waals surface area contributed by atoms with Gasteiger partial charge in [0.15, 0.2) is 6.10 Å². The molecule has 1 atom stereocenters. The summed E-state index contributed by atoms with van der Waals surface area (Å²) in [4.78, 5) is 37.9. The highest BCUT2D eigenvalue weighted by molar-refractivity contribution is 5.71. The molecule has 60 heavy (non-hydrogen) atoms. The van der Waals surface area contributed by atoms with Crippen molar-refractivity contribution >= 4 is 17.9 Å². The van der Waals surface area contributed by atoms with E-state index in [1.54, 1.807) is 0 Å². The molecule has 0 fully saturated rings. The number of carbonyl (C=O) groups is 3. The van der Waals surface area contributed by atoms with Gasteiger partial charge in [-0.3, -0.25) is 14.4 Å². The van der Waals surface area contributed by atoms with E-state index in [2.05, 4.69) is 69.4 Å². The molecule has 1 unspecified atom stereocenters. The number of allylic oxidation sites excluding steroid dienone is 8. The molecule has 0 aromatic carbocycles. The van der Waals surface area contributed by atoms with Crippen LogP contribution < -0.4 is 0 Å². The van der Waals surface area contributed by atoms with E-state index in [0.29, 0.717) is 19.3 Å². The second-order valence-corrected chi connectivity index (χ2v) is 17.1. The standard InChI is InChI=1S/C54H96O6/c1-4-7-10-13-16-19-22-25-27-30-32-35-38-41-44-47-53(56)59-50-51(49-58-52(55)46-43-40-37-34-31-28-24-21-18-15-12-9-6-3)60-54(57)48-45-42-39-36-33-29-26-23-20-17-14-11-8-5-2/h7,10,16,19,25,27,32,35,51H,4-6,8-9,11-15,17-18,20-24,26,28-31,33-34,36-50H2,1-3H3/b10-7-,19-16-,27-25-,35-32-. The molecule has 0 radical (unpaired) electrons. The summed E-state index contributed by atoms with van der Waals surface area (Å²) in [5.74, 6) is -0.916. The van der Waals surface area contributed by atoms with Gasteiger partial charge >= 0.3 is 17.9 Å². The van der Waals surface area contributed by atoms with Gasteiger partial charge in [0.1, 0.15) is 13.2 Å². The molecule has 0 bridgehead atoms. The third kappa shape index (κ3) is 46.4. The van der Waals surface area contributed by atoms with Crippen LogP contribution in [0.2, 0.25) is 0 Å². The van der Waals surface area contributed by atoms with Crippen molar-refractivity contribution in [3.8, 4) is 0 Å². The lowest BCUT2D eigenvalue weighted by Crippen LogP contribution is -2.30. The lowest BCUT2D eigenvalue weighted by Gasteiger charge is -2.18. The molecular formula is C54H96O6. The first kappa shape index (κ1) is 57.4. The average Bonchev–Trinajstić information content (AvgIpc) is 3.24. The van der Waals surface area contributed by atoms with Crippen LogP contribution in [0.15, 0.2) is 48.6 Å². The molecule has 0 amide bonds. The summed E-state index contributed by atoms with van der Waals surface area (Å²) >= 11 is 0. The van der Waals surface area contributed by atoms with Gasteiger partial charge in [0.25, 0.3) is 0 Å². The number of esters is 3. The zero-order valence-electron chi connectivity index (χ0n) is 39.7. The van der Waals surface area contributed by atoms with E-state index in [9.17, 15) is 14.4 Å². The maximum absolute atomic E-state index is 12.8. The molecule has 6 nitrogen and oxygen atoms in total. The van der Waals surface area contributed by atoms with E-state index in [0.717, 1.165) is 83.5 Å². The van der Waals surface area contributed by atoms with Crippen molar-refractivity contribution in [3.63, 3.8) is 0 Å². The number of hydrogen-bond donors (Lipinski definition) is 0. The molecule has 0 saturated carbocycles. The molecule has 0 N–H and O–H groups in total. The molecule has 0 spiro atoms. The van der Waals surface area contributed by atoms with Crippen LogP contribution >= 0.6 is 0 Å². The van der Waals surface area contributed by atoms with Crippen LogP contribution in [0.25, 0.3) is 0 Å². The van der Waals surface area contributed by atoms with E-state index in [-0.39, 0.29) is 31.1 Å². The fourth-order valence-electron chi connectivity index (χ4n) is 7.26. The van der Waals surface area contributed by atoms with Crippen LogP contribution in [-0.4, -0.2) is 37.2 Å². The van der Waals surface area contributed by atoms with E-state index in [4.69, 9.17) is 14.2 Å². The fourth-order valence-corrected chi connectivity index (χ4v) is 7.26. The molecule has 0 aliphatic heterocycles. The van der Waals surface area contributed by atoms with Gasteiger partial charge in [0.05, 0.1) is 0 Å². The Morgan fingerprint density at radius 2 is 0.650 bits per heavy atom. The van der Waals surface area contributed by atoms with Crippen LogP contribution in [0.1, 0.15) is 258 Å². The van der Waals surface area contributed by atoms with Crippen LogP contribution in [0.4, 0.5) is 0 Å². The lowest BCUT2D eigenvalue weighted by atomic mass is 10.0. The van der Waals surface area contributed by atoms with Gasteiger partial charge in [0, 0.05) is 19.3 Å². The maximum atomic E-state index is 12.8. The molecule has 0 aromatic heterocycles. The minimum Gasteiger partial charge on any atom is -0.462 e. The Labute approximate surface area is 371 Å². The predicted octanol–water partition coefficient (Wildman–Crippen LogP) is 16.7. The van der Waals surface area contributed by atoms with Crippen molar-refractivity contribution < 1.29 is 28.6 Å². The smallest absolute Gasteiger partial charge is 0.306 e. The van der Waals surface area contributed by atoms with E-state index < -0.39 is 6.10 Å². The summed E-state index contributed by atoms with van der Waals surface area (Å²) in [5, 5.41) is 0. The van der Waals surface area contributed by atoms with Crippen molar-refractivity contribution in [2.24, 2.45) is 0 Å². The number of rotatable bonds is 46. The topological polar surface area (TPSA) is 78.9 Å². The average molecular weight is 841 g/mol. The predicted molar refractivity (Wildman–Crippen MR) is 256 cm³/mol. The molecule has 0 saturated heterocycles. The van der Waals surface area contributed by atoms with Gasteiger partial charge in [0.2, 0.25) is 0 Å². The molecule has 348 valence electrons. The molecule has 0 aliphatic rings. The van der Waals surface area contributed by atoms with Gasteiger partial charge in [-0.25, -0.2) is 0 Å². The minimum atomic E-state index is -0.784. The lowest BCUT2D eigenvalue weighted by molar-refractivity contribution is -0.167. The quantitative estimate of drug-likeness (QED) is 0.0263. The monoisotopic (exact) mass is 841 g/mol. The zero-order valence-corrected chi connectivity index (χ0v) is 39.7. The number of carbonyl (C=O) groups excluding carboxylic acids is 3. The van der Waals surface area contributed by atoms with Gasteiger partial charge in [-0.2, -0.15) is 0 Å². The Morgan fingerprint density at radius 1 is 0.350 bits per heavy atom. The second kappa shape index (κ2) is 49.0. The summed E-state index contributed by atoms with van der Waals surface area (Å²) in [6.45, 7) is 6.50. The third-order valence-electron chi connectivity index (χ3n) is 11.1. The van der Waals surface area contributed by atoms with E-state index >= 15 is 0 Å². The number of ether oxygens (including phenoxy) is 3. The van der Waals surface area contributed by atoms with Crippen LogP contribution in [-0.2, 0) is 28.6 Å². The Bertz CT molecular complexity index is 1060. The van der Waals surface area contributed by atoms with Crippen molar-refractivity contribution in [2.45, 2.75) is 264 Å². The van der Waals surface area contributed by atoms with Gasteiger partial charge in [-0.05, 0) is 57.8 Å². The Balaban J connectivity index is 4.42. The summed E-state index contributed by atoms with van der Waals surface area (Å²) in [7, 11) is 0. The summed E-state index contributed by atoms with van der Waals surface area (Å²) in [6.07, 6.45) is 58.1. The highest BCUT2D eigenvalue weighted by Crippen LogP contribution is 2.16. The molecular weight excluding hydrogens is 745 g/mol. The Morgan fingerprint density at radius 3 is 1.02 bits per heavy atom. The summed E-state index contributed by atoms with van der Waals surface area (Å²) < 4.78 is 16.8. The van der Waals surface area contributed by atoms with Crippen molar-refractivity contribution in [1.82, 2.24) is 0 Å². The minimum absolute atomic E-state index is 0.0825. The highest BCUT2D eigenvalue weighted by Gasteiger charge is 2.19. The SMILES string of the molecule is CC/C=C\C/C=C\C/C=C\C/C=C\CCCCC(=O)OCC(COC(=O)CCCCCCCCCCCCCCC)OC(=O)CCCCCCCCCCCCCCCC. The summed E-state index contributed by atoms with van der Waals surface area (Å²) in [6, 6.07) is 0. The summed E-state index contributed by atoms with van der Waals surface area (Å²) in [5.41, 5.74) is 0. The largest absolute Gasteiger partial charge is 0.462 e. The second-order valence-electron chi connectivity index (χ2n) is 17.1. The highest BCUT2D eigenvalue weighted by atomic mass is 16.6. The van der Waals surface area contributed by atoms with Crippen molar-refractivity contribution in [2.75, 3.05) is 13.2 Å². The molecule has 0 rings (SSSR count). The maximum Gasteiger partial charge on any atom is 0.306 e. The number of unbranched alkanes of at least 4 members (excludes halogenated alkanes) is 27. The van der Waals surface area contributed by atoms with E-state index in [1.165, 1.54) is 135 Å². The zero-order chi connectivity index (χ0) is 43.7. The third-order valence-corrected chi connectivity index (χ3v) is 11.1. The van der Waals surface area contributed by atoms with Crippen LogP contribution in [0.3, 0.4) is 0 Å². The van der Waals surface area contributed by atoms with Gasteiger partial charge in [-0.15, -0.1) is 0 Å². The van der Waals surface area contributed by atoms with Crippen LogP contribution in [0.5, 0.6) is 0 Å².